The van der Waals surface area contributed by atoms with Crippen LogP contribution in [-0.4, -0.2) is 24.7 Å². The van der Waals surface area contributed by atoms with Crippen molar-refractivity contribution in [2.75, 3.05) is 0 Å². The van der Waals surface area contributed by atoms with Gasteiger partial charge in [-0.3, -0.25) is 4.79 Å². The Bertz CT molecular complexity index is 1270. The molecule has 0 unspecified atom stereocenters. The lowest BCUT2D eigenvalue weighted by atomic mass is 10.0. The van der Waals surface area contributed by atoms with Gasteiger partial charge in [0.2, 0.25) is 0 Å². The first-order valence-corrected chi connectivity index (χ1v) is 8.45. The number of aryl methyl sites for hydroxylation is 4. The van der Waals surface area contributed by atoms with E-state index in [-0.39, 0.29) is 11.3 Å². The van der Waals surface area contributed by atoms with Crippen LogP contribution < -0.4 is 5.56 Å². The van der Waals surface area contributed by atoms with E-state index in [9.17, 15) is 9.90 Å². The summed E-state index contributed by atoms with van der Waals surface area (Å²) >= 11 is 0. The predicted octanol–water partition coefficient (Wildman–Crippen LogP) is 3.21. The van der Waals surface area contributed by atoms with Crippen LogP contribution in [0.3, 0.4) is 0 Å². The van der Waals surface area contributed by atoms with Crippen molar-refractivity contribution < 1.29 is 5.11 Å². The highest BCUT2D eigenvalue weighted by atomic mass is 16.3. The van der Waals surface area contributed by atoms with Gasteiger partial charge in [-0.15, -0.1) is 15.0 Å². The Kier molecular flexibility index (Phi) is 3.41. The maximum atomic E-state index is 12.4. The van der Waals surface area contributed by atoms with Gasteiger partial charge < -0.3 is 9.67 Å². The zero-order chi connectivity index (χ0) is 18.7. The smallest absolute Gasteiger partial charge is 0.253 e. The van der Waals surface area contributed by atoms with E-state index in [1.54, 1.807) is 11.6 Å². The van der Waals surface area contributed by atoms with Crippen LogP contribution in [-0.2, 0) is 7.05 Å². The molecule has 0 saturated heterocycles. The fraction of sp³-hybridized carbons (Fsp3) is 0.250. The molecule has 6 nitrogen and oxygen atoms in total. The number of phenols is 1. The first-order valence-electron chi connectivity index (χ1n) is 8.45. The van der Waals surface area contributed by atoms with Crippen LogP contribution in [0.4, 0.5) is 0 Å². The molecule has 4 aromatic rings. The Labute approximate surface area is 150 Å². The van der Waals surface area contributed by atoms with Gasteiger partial charge in [-0.2, -0.15) is 0 Å². The second-order valence-corrected chi connectivity index (χ2v) is 6.91. The van der Waals surface area contributed by atoms with Crippen molar-refractivity contribution in [1.82, 2.24) is 19.6 Å². The van der Waals surface area contributed by atoms with E-state index in [2.05, 4.69) is 10.2 Å². The lowest BCUT2D eigenvalue weighted by molar-refractivity contribution is 0.463. The monoisotopic (exact) mass is 348 g/mol. The number of aromatic hydroxyl groups is 1. The van der Waals surface area contributed by atoms with Crippen molar-refractivity contribution in [1.29, 1.82) is 0 Å². The summed E-state index contributed by atoms with van der Waals surface area (Å²) in [5.74, 6) is 0.167. The number of benzene rings is 2. The molecular weight excluding hydrogens is 328 g/mol. The second kappa shape index (κ2) is 5.42. The van der Waals surface area contributed by atoms with Gasteiger partial charge in [-0.05, 0) is 62.6 Å². The van der Waals surface area contributed by atoms with Crippen molar-refractivity contribution in [3.63, 3.8) is 0 Å². The maximum absolute atomic E-state index is 12.4. The number of phenolic OH excluding ortho intramolecular Hbond substituents is 1. The predicted molar refractivity (Wildman–Crippen MR) is 102 cm³/mol. The number of aromatic nitrogens is 4. The molecule has 0 fully saturated rings. The van der Waals surface area contributed by atoms with E-state index in [1.807, 2.05) is 52.0 Å². The summed E-state index contributed by atoms with van der Waals surface area (Å²) in [4.78, 5) is 13.8. The summed E-state index contributed by atoms with van der Waals surface area (Å²) in [6.07, 6.45) is 0. The van der Waals surface area contributed by atoms with Crippen molar-refractivity contribution >= 4 is 21.9 Å². The highest BCUT2D eigenvalue weighted by Crippen LogP contribution is 2.28. The quantitative estimate of drug-likeness (QED) is 0.573. The number of hydrogen-bond acceptors (Lipinski definition) is 4. The molecule has 2 aromatic heterocycles. The fourth-order valence-corrected chi connectivity index (χ4v) is 3.45. The molecule has 26 heavy (non-hydrogen) atoms. The summed E-state index contributed by atoms with van der Waals surface area (Å²) in [6, 6.07) is 7.60. The van der Waals surface area contributed by atoms with E-state index in [4.69, 9.17) is 0 Å². The minimum Gasteiger partial charge on any atom is -0.505 e. The zero-order valence-corrected chi connectivity index (χ0v) is 15.5. The van der Waals surface area contributed by atoms with Crippen molar-refractivity contribution in [2.24, 2.45) is 7.05 Å². The molecule has 2 heterocycles. The Balaban J connectivity index is 2.05. The van der Waals surface area contributed by atoms with Gasteiger partial charge >= 0.3 is 0 Å². The molecule has 0 aliphatic carbocycles. The molecule has 132 valence electrons. The SMILES string of the molecule is Cc1cc(C)c(O)c(-n2nc3cc4c(C)c(C)c(=O)n(C)c4cc3n2)c1. The molecule has 0 bridgehead atoms. The van der Waals surface area contributed by atoms with Gasteiger partial charge in [0, 0.05) is 18.0 Å². The van der Waals surface area contributed by atoms with Crippen molar-refractivity contribution in [2.45, 2.75) is 27.7 Å². The summed E-state index contributed by atoms with van der Waals surface area (Å²) in [5.41, 5.74) is 6.25. The molecule has 1 N–H and O–H groups in total. The minimum absolute atomic E-state index is 0.00584. The van der Waals surface area contributed by atoms with E-state index >= 15 is 0 Å². The first-order chi connectivity index (χ1) is 12.3. The van der Waals surface area contributed by atoms with Crippen molar-refractivity contribution in [3.05, 3.63) is 56.9 Å². The average molecular weight is 348 g/mol. The van der Waals surface area contributed by atoms with Gasteiger partial charge in [0.05, 0.1) is 5.52 Å². The van der Waals surface area contributed by atoms with Crippen LogP contribution in [0, 0.1) is 27.7 Å². The largest absolute Gasteiger partial charge is 0.505 e. The molecule has 0 saturated carbocycles. The third-order valence-corrected chi connectivity index (χ3v) is 5.09. The summed E-state index contributed by atoms with van der Waals surface area (Å²) < 4.78 is 1.64. The number of pyridine rings is 1. The summed E-state index contributed by atoms with van der Waals surface area (Å²) in [7, 11) is 1.77. The van der Waals surface area contributed by atoms with Gasteiger partial charge in [-0.1, -0.05) is 6.07 Å². The minimum atomic E-state index is -0.00584. The second-order valence-electron chi connectivity index (χ2n) is 6.91. The van der Waals surface area contributed by atoms with Gasteiger partial charge in [0.25, 0.3) is 5.56 Å². The van der Waals surface area contributed by atoms with Crippen LogP contribution >= 0.6 is 0 Å². The molecule has 4 rings (SSSR count). The molecule has 0 radical (unpaired) electrons. The molecule has 2 aromatic carbocycles. The lowest BCUT2D eigenvalue weighted by Crippen LogP contribution is -2.20. The molecule has 0 aliphatic heterocycles. The van der Waals surface area contributed by atoms with E-state index in [1.165, 1.54) is 4.80 Å². The third-order valence-electron chi connectivity index (χ3n) is 5.09. The normalized spacial score (nSPS) is 11.6. The first kappa shape index (κ1) is 16.3. The Morgan fingerprint density at radius 1 is 0.923 bits per heavy atom. The van der Waals surface area contributed by atoms with E-state index < -0.39 is 0 Å². The van der Waals surface area contributed by atoms with E-state index in [0.717, 1.165) is 38.7 Å². The Morgan fingerprint density at radius 3 is 2.27 bits per heavy atom. The maximum Gasteiger partial charge on any atom is 0.253 e. The van der Waals surface area contributed by atoms with Gasteiger partial charge in [0.1, 0.15) is 22.5 Å². The number of nitrogens with zero attached hydrogens (tertiary/aromatic N) is 4. The highest BCUT2D eigenvalue weighted by molar-refractivity contribution is 5.95. The highest BCUT2D eigenvalue weighted by Gasteiger charge is 2.15. The van der Waals surface area contributed by atoms with Crippen molar-refractivity contribution in [3.8, 4) is 11.4 Å². The fourth-order valence-electron chi connectivity index (χ4n) is 3.45. The molecule has 0 atom stereocenters. The lowest BCUT2D eigenvalue weighted by Gasteiger charge is -2.10. The van der Waals surface area contributed by atoms with Gasteiger partial charge in [-0.25, -0.2) is 0 Å². The van der Waals surface area contributed by atoms with Crippen LogP contribution in [0.1, 0.15) is 22.3 Å². The van der Waals surface area contributed by atoms with Crippen LogP contribution in [0.5, 0.6) is 5.75 Å². The molecule has 6 heteroatoms. The summed E-state index contributed by atoms with van der Waals surface area (Å²) in [6.45, 7) is 7.61. The molecule has 0 aliphatic rings. The third kappa shape index (κ3) is 2.22. The zero-order valence-electron chi connectivity index (χ0n) is 15.5. The average Bonchev–Trinajstić information content (AvgIpc) is 3.02. The molecule has 0 amide bonds. The van der Waals surface area contributed by atoms with Crippen LogP contribution in [0.25, 0.3) is 27.6 Å². The molecule has 0 spiro atoms. The Hall–Kier alpha value is -3.15. The van der Waals surface area contributed by atoms with E-state index in [0.29, 0.717) is 11.2 Å². The van der Waals surface area contributed by atoms with Crippen LogP contribution in [0.2, 0.25) is 0 Å². The number of fused-ring (bicyclic) bond motifs is 2. The molecular formula is C20H20N4O2. The number of hydrogen-bond donors (Lipinski definition) is 1. The van der Waals surface area contributed by atoms with Gasteiger partial charge in [0.15, 0.2) is 0 Å². The topological polar surface area (TPSA) is 72.9 Å². The van der Waals surface area contributed by atoms with Crippen LogP contribution in [0.15, 0.2) is 29.1 Å². The summed E-state index contributed by atoms with van der Waals surface area (Å²) in [5, 5.41) is 20.5. The number of rotatable bonds is 1. The Morgan fingerprint density at radius 2 is 1.58 bits per heavy atom. The standard InChI is InChI=1S/C20H20N4O2/c1-10-6-11(2)19(25)18(7-10)24-21-15-8-14-12(3)13(4)20(26)23(5)17(14)9-16(15)22-24/h6-9,25H,1-5H3.